The third-order valence-electron chi connectivity index (χ3n) is 5.91. The van der Waals surface area contributed by atoms with Crippen molar-refractivity contribution in [3.63, 3.8) is 0 Å². The quantitative estimate of drug-likeness (QED) is 0.374. The van der Waals surface area contributed by atoms with Crippen molar-refractivity contribution in [1.29, 1.82) is 0 Å². The predicted molar refractivity (Wildman–Crippen MR) is 132 cm³/mol. The van der Waals surface area contributed by atoms with Gasteiger partial charge in [0.05, 0.1) is 30.0 Å². The zero-order chi connectivity index (χ0) is 24.8. The second-order valence-corrected chi connectivity index (χ2v) is 9.06. The van der Waals surface area contributed by atoms with E-state index in [1.165, 1.54) is 22.9 Å². The molecule has 2 atom stereocenters. The molecule has 10 heteroatoms. The van der Waals surface area contributed by atoms with Crippen LogP contribution in [0.3, 0.4) is 0 Å². The van der Waals surface area contributed by atoms with Crippen LogP contribution in [0.2, 0.25) is 0 Å². The SMILES string of the molecule is CC(C)c1c(C(=O)NC2CCCC2)nn(-c2ccc(F)cc2)c1/C=C/[C@H](O)C[C@@H](O)CC(=O)O.[NaH]. The molecule has 1 fully saturated rings. The van der Waals surface area contributed by atoms with Gasteiger partial charge in [-0.15, -0.1) is 0 Å². The standard InChI is InChI=1S/C25H32FN3O5.Na.H/c1-15(2)23-21(12-11-19(30)13-20(31)14-22(32)33)29(18-9-7-16(26)8-10-18)28-24(23)25(34)27-17-5-3-4-6-17;;/h7-12,15,17,19-20,30-31H,3-6,13-14H2,1-2H3,(H,27,34)(H,32,33);;/b12-11+;;/t19-,20+;;/m0../s1. The molecule has 1 saturated carbocycles. The summed E-state index contributed by atoms with van der Waals surface area (Å²) in [6, 6.07) is 5.81. The van der Waals surface area contributed by atoms with Gasteiger partial charge in [-0.1, -0.05) is 32.8 Å². The number of aliphatic hydroxyl groups is 2. The molecule has 35 heavy (non-hydrogen) atoms. The molecule has 0 radical (unpaired) electrons. The number of hydrogen-bond donors (Lipinski definition) is 4. The number of amides is 1. The van der Waals surface area contributed by atoms with Crippen LogP contribution in [-0.2, 0) is 4.79 Å². The van der Waals surface area contributed by atoms with Gasteiger partial charge in [0.2, 0.25) is 0 Å². The van der Waals surface area contributed by atoms with Crippen LogP contribution in [-0.4, -0.2) is 84.8 Å². The summed E-state index contributed by atoms with van der Waals surface area (Å²) in [5, 5.41) is 36.6. The minimum atomic E-state index is -1.20. The molecule has 0 bridgehead atoms. The number of aliphatic hydroxyl groups excluding tert-OH is 2. The average Bonchev–Trinajstić information content (AvgIpc) is 3.39. The van der Waals surface area contributed by atoms with Gasteiger partial charge in [-0.3, -0.25) is 9.59 Å². The molecule has 186 valence electrons. The summed E-state index contributed by atoms with van der Waals surface area (Å²) in [5.74, 6) is -1.92. The Hall–Kier alpha value is -2.04. The summed E-state index contributed by atoms with van der Waals surface area (Å²) in [5.41, 5.74) is 2.04. The van der Waals surface area contributed by atoms with Gasteiger partial charge in [-0.05, 0) is 49.1 Å². The number of carbonyl (C=O) groups is 2. The van der Waals surface area contributed by atoms with Gasteiger partial charge in [0.1, 0.15) is 5.82 Å². The Morgan fingerprint density at radius 1 is 1.20 bits per heavy atom. The first kappa shape index (κ1) is 29.2. The number of nitrogens with zero attached hydrogens (tertiary/aromatic N) is 2. The van der Waals surface area contributed by atoms with E-state index in [2.05, 4.69) is 10.4 Å². The number of hydrogen-bond acceptors (Lipinski definition) is 5. The summed E-state index contributed by atoms with van der Waals surface area (Å²) in [4.78, 5) is 23.9. The third kappa shape index (κ3) is 7.98. The fraction of sp³-hybridized carbons (Fsp3) is 0.480. The Morgan fingerprint density at radius 3 is 2.40 bits per heavy atom. The Balaban J connectivity index is 0.00000432. The van der Waals surface area contributed by atoms with Gasteiger partial charge < -0.3 is 20.6 Å². The van der Waals surface area contributed by atoms with Crippen molar-refractivity contribution in [3.05, 3.63) is 53.1 Å². The van der Waals surface area contributed by atoms with E-state index in [1.54, 1.807) is 18.2 Å². The van der Waals surface area contributed by atoms with Crippen LogP contribution in [0, 0.1) is 5.82 Å². The van der Waals surface area contributed by atoms with Crippen LogP contribution in [0.1, 0.15) is 80.0 Å². The van der Waals surface area contributed by atoms with Gasteiger partial charge in [0, 0.05) is 18.0 Å². The topological polar surface area (TPSA) is 125 Å². The second kappa shape index (κ2) is 13.3. The van der Waals surface area contributed by atoms with E-state index >= 15 is 0 Å². The number of aliphatic carboxylic acids is 1. The molecule has 1 aliphatic carbocycles. The fourth-order valence-corrected chi connectivity index (χ4v) is 4.29. The van der Waals surface area contributed by atoms with E-state index in [9.17, 15) is 24.2 Å². The van der Waals surface area contributed by atoms with E-state index < -0.39 is 30.4 Å². The molecule has 2 aromatic rings. The molecule has 1 aromatic carbocycles. The molecule has 0 saturated heterocycles. The van der Waals surface area contributed by atoms with E-state index in [0.717, 1.165) is 25.7 Å². The number of nitrogens with one attached hydrogen (secondary N) is 1. The summed E-state index contributed by atoms with van der Waals surface area (Å²) < 4.78 is 15.1. The molecule has 3 rings (SSSR count). The molecule has 0 aliphatic heterocycles. The van der Waals surface area contributed by atoms with Gasteiger partial charge in [0.15, 0.2) is 5.69 Å². The first-order valence-corrected chi connectivity index (χ1v) is 11.6. The Morgan fingerprint density at radius 2 is 1.83 bits per heavy atom. The molecule has 1 aliphatic rings. The first-order chi connectivity index (χ1) is 16.2. The van der Waals surface area contributed by atoms with E-state index in [-0.39, 0.29) is 59.5 Å². The molecule has 8 nitrogen and oxygen atoms in total. The first-order valence-electron chi connectivity index (χ1n) is 11.6. The molecule has 4 N–H and O–H groups in total. The molecule has 1 aromatic heterocycles. The number of aromatic nitrogens is 2. The van der Waals surface area contributed by atoms with Crippen molar-refractivity contribution >= 4 is 47.5 Å². The summed E-state index contributed by atoms with van der Waals surface area (Å²) in [6.07, 6.45) is 4.12. The van der Waals surface area contributed by atoms with Gasteiger partial charge >= 0.3 is 35.5 Å². The van der Waals surface area contributed by atoms with Crippen LogP contribution < -0.4 is 5.32 Å². The minimum absolute atomic E-state index is 0. The monoisotopic (exact) mass is 497 g/mol. The number of carboxylic acids is 1. The second-order valence-electron chi connectivity index (χ2n) is 9.06. The predicted octanol–water partition coefficient (Wildman–Crippen LogP) is 2.76. The van der Waals surface area contributed by atoms with Crippen LogP contribution in [0.5, 0.6) is 0 Å². The third-order valence-corrected chi connectivity index (χ3v) is 5.91. The maximum absolute atomic E-state index is 13.5. The van der Waals surface area contributed by atoms with Crippen molar-refractivity contribution in [3.8, 4) is 5.69 Å². The van der Waals surface area contributed by atoms with Crippen LogP contribution in [0.25, 0.3) is 11.8 Å². The van der Waals surface area contributed by atoms with Gasteiger partial charge in [0.25, 0.3) is 5.91 Å². The number of rotatable bonds is 10. The summed E-state index contributed by atoms with van der Waals surface area (Å²) in [6.45, 7) is 3.87. The molecule has 1 heterocycles. The molecule has 0 spiro atoms. The van der Waals surface area contributed by atoms with Gasteiger partial charge in [-0.2, -0.15) is 5.10 Å². The Bertz CT molecular complexity index is 1030. The molecular formula is C25H33FN3NaO5. The normalized spacial score (nSPS) is 15.8. The van der Waals surface area contributed by atoms with Crippen molar-refractivity contribution in [2.45, 2.75) is 76.5 Å². The van der Waals surface area contributed by atoms with Crippen LogP contribution in [0.15, 0.2) is 30.3 Å². The number of carbonyl (C=O) groups excluding carboxylic acids is 1. The zero-order valence-corrected chi connectivity index (χ0v) is 19.4. The molecule has 0 unspecified atom stereocenters. The average molecular weight is 498 g/mol. The molecular weight excluding hydrogens is 464 g/mol. The van der Waals surface area contributed by atoms with Crippen molar-refractivity contribution < 1.29 is 29.3 Å². The van der Waals surface area contributed by atoms with Gasteiger partial charge in [-0.25, -0.2) is 9.07 Å². The van der Waals surface area contributed by atoms with Crippen molar-refractivity contribution in [2.75, 3.05) is 0 Å². The van der Waals surface area contributed by atoms with Crippen molar-refractivity contribution in [1.82, 2.24) is 15.1 Å². The fourth-order valence-electron chi connectivity index (χ4n) is 4.29. The van der Waals surface area contributed by atoms with Crippen molar-refractivity contribution in [2.24, 2.45) is 0 Å². The zero-order valence-electron chi connectivity index (χ0n) is 19.4. The summed E-state index contributed by atoms with van der Waals surface area (Å²) in [7, 11) is 0. The van der Waals surface area contributed by atoms with Crippen LogP contribution >= 0.6 is 0 Å². The van der Waals surface area contributed by atoms with Crippen LogP contribution in [0.4, 0.5) is 4.39 Å². The van der Waals surface area contributed by atoms with E-state index in [4.69, 9.17) is 5.11 Å². The molecule has 1 amide bonds. The summed E-state index contributed by atoms with van der Waals surface area (Å²) >= 11 is 0. The number of carboxylic acid groups (broad SMARTS) is 1. The number of halogens is 1. The Labute approximate surface area is 226 Å². The van der Waals surface area contributed by atoms with E-state index in [1.807, 2.05) is 13.8 Å². The maximum atomic E-state index is 13.5. The Kier molecular flexibility index (Phi) is 11.1. The van der Waals surface area contributed by atoms with E-state index in [0.29, 0.717) is 16.9 Å². The number of benzene rings is 1.